The molecule has 1 aromatic carbocycles. The van der Waals surface area contributed by atoms with Crippen LogP contribution in [0.4, 0.5) is 0 Å². The third-order valence-corrected chi connectivity index (χ3v) is 6.79. The number of likely N-dealkylation sites (tertiary alicyclic amines) is 1. The highest BCUT2D eigenvalue weighted by Gasteiger charge is 2.33. The topological polar surface area (TPSA) is 104 Å². The maximum Gasteiger partial charge on any atom is 0.306 e. The van der Waals surface area contributed by atoms with Crippen LogP contribution in [0.15, 0.2) is 29.2 Å². The molecule has 0 unspecified atom stereocenters. The molecule has 9 heteroatoms. The Balaban J connectivity index is 1.83. The molecule has 0 spiro atoms. The number of rotatable bonds is 4. The summed E-state index contributed by atoms with van der Waals surface area (Å²) in [5.41, 5.74) is 0.132. The molecule has 1 amide bonds. The van der Waals surface area contributed by atoms with Crippen LogP contribution >= 0.6 is 0 Å². The standard InChI is InChI=1S/C17H22N2O6S/c20-16(18-7-5-13(6-8-18)17(21)22)14-3-1-2-4-15(14)26(23,24)19-9-11-25-12-10-19/h1-4,13H,5-12H2,(H,21,22). The summed E-state index contributed by atoms with van der Waals surface area (Å²) in [6.07, 6.45) is 0.749. The molecule has 0 saturated carbocycles. The SMILES string of the molecule is O=C(O)C1CCN(C(=O)c2ccccc2S(=O)(=O)N2CCOCC2)CC1. The van der Waals surface area contributed by atoms with Crippen LogP contribution in [0.25, 0.3) is 0 Å². The number of amides is 1. The van der Waals surface area contributed by atoms with Gasteiger partial charge in [-0.3, -0.25) is 9.59 Å². The van der Waals surface area contributed by atoms with Gasteiger partial charge in [0.2, 0.25) is 10.0 Å². The second kappa shape index (κ2) is 7.73. The summed E-state index contributed by atoms with van der Waals surface area (Å²) >= 11 is 0. The van der Waals surface area contributed by atoms with Crippen molar-refractivity contribution in [2.45, 2.75) is 17.7 Å². The van der Waals surface area contributed by atoms with Gasteiger partial charge in [-0.05, 0) is 25.0 Å². The first-order valence-electron chi connectivity index (χ1n) is 8.60. The molecule has 26 heavy (non-hydrogen) atoms. The zero-order chi connectivity index (χ0) is 18.7. The van der Waals surface area contributed by atoms with Crippen molar-refractivity contribution in [1.82, 2.24) is 9.21 Å². The van der Waals surface area contributed by atoms with Crippen molar-refractivity contribution >= 4 is 21.9 Å². The lowest BCUT2D eigenvalue weighted by molar-refractivity contribution is -0.143. The van der Waals surface area contributed by atoms with Crippen molar-refractivity contribution in [2.75, 3.05) is 39.4 Å². The molecule has 2 heterocycles. The third-order valence-electron chi connectivity index (χ3n) is 4.84. The van der Waals surface area contributed by atoms with Crippen LogP contribution in [0, 0.1) is 5.92 Å². The molecule has 2 aliphatic heterocycles. The number of ether oxygens (including phenoxy) is 1. The second-order valence-electron chi connectivity index (χ2n) is 6.42. The lowest BCUT2D eigenvalue weighted by Crippen LogP contribution is -2.43. The fourth-order valence-electron chi connectivity index (χ4n) is 3.29. The van der Waals surface area contributed by atoms with Gasteiger partial charge >= 0.3 is 5.97 Å². The number of aliphatic carboxylic acids is 1. The quantitative estimate of drug-likeness (QED) is 0.820. The van der Waals surface area contributed by atoms with Crippen LogP contribution < -0.4 is 0 Å². The third kappa shape index (κ3) is 3.74. The minimum Gasteiger partial charge on any atom is -0.481 e. The van der Waals surface area contributed by atoms with E-state index in [9.17, 15) is 18.0 Å². The number of nitrogens with zero attached hydrogens (tertiary/aromatic N) is 2. The van der Waals surface area contributed by atoms with E-state index in [0.717, 1.165) is 0 Å². The number of carbonyl (C=O) groups excluding carboxylic acids is 1. The van der Waals surface area contributed by atoms with Gasteiger partial charge in [0.25, 0.3) is 5.91 Å². The van der Waals surface area contributed by atoms with Gasteiger partial charge < -0.3 is 14.7 Å². The largest absolute Gasteiger partial charge is 0.481 e. The molecule has 1 aromatic rings. The van der Waals surface area contributed by atoms with E-state index in [0.29, 0.717) is 39.1 Å². The average Bonchev–Trinajstić information content (AvgIpc) is 2.68. The first-order valence-corrected chi connectivity index (χ1v) is 10.0. The number of hydrogen-bond acceptors (Lipinski definition) is 5. The zero-order valence-corrected chi connectivity index (χ0v) is 15.2. The maximum absolute atomic E-state index is 13.0. The van der Waals surface area contributed by atoms with Gasteiger partial charge in [0.15, 0.2) is 0 Å². The minimum atomic E-state index is -3.79. The van der Waals surface area contributed by atoms with Crippen LogP contribution in [-0.2, 0) is 19.6 Å². The first kappa shape index (κ1) is 18.8. The molecule has 1 N–H and O–H groups in total. The maximum atomic E-state index is 13.0. The van der Waals surface area contributed by atoms with Gasteiger partial charge in [-0.15, -0.1) is 0 Å². The van der Waals surface area contributed by atoms with E-state index in [1.807, 2.05) is 0 Å². The summed E-state index contributed by atoms with van der Waals surface area (Å²) in [5.74, 6) is -1.68. The average molecular weight is 382 g/mol. The Bertz CT molecular complexity index is 780. The molecule has 2 saturated heterocycles. The Labute approximate surface area is 152 Å². The fraction of sp³-hybridized carbons (Fsp3) is 0.529. The van der Waals surface area contributed by atoms with Crippen LogP contribution in [0.5, 0.6) is 0 Å². The second-order valence-corrected chi connectivity index (χ2v) is 8.32. The van der Waals surface area contributed by atoms with Gasteiger partial charge in [0.05, 0.1) is 29.6 Å². The molecule has 0 aliphatic carbocycles. The monoisotopic (exact) mass is 382 g/mol. The fourth-order valence-corrected chi connectivity index (χ4v) is 4.89. The Morgan fingerprint density at radius 3 is 2.27 bits per heavy atom. The van der Waals surface area contributed by atoms with Crippen molar-refractivity contribution in [3.05, 3.63) is 29.8 Å². The molecular formula is C17H22N2O6S. The van der Waals surface area contributed by atoms with Gasteiger partial charge in [-0.1, -0.05) is 12.1 Å². The van der Waals surface area contributed by atoms with E-state index in [-0.39, 0.29) is 29.5 Å². The smallest absolute Gasteiger partial charge is 0.306 e. The predicted octanol–water partition coefficient (Wildman–Crippen LogP) is 0.644. The van der Waals surface area contributed by atoms with E-state index in [4.69, 9.17) is 9.84 Å². The van der Waals surface area contributed by atoms with Crippen LogP contribution in [0.2, 0.25) is 0 Å². The summed E-state index contributed by atoms with van der Waals surface area (Å²) in [6.45, 7) is 1.79. The molecule has 3 rings (SSSR count). The number of sulfonamides is 1. The number of carboxylic acids is 1. The van der Waals surface area contributed by atoms with Gasteiger partial charge in [0.1, 0.15) is 0 Å². The van der Waals surface area contributed by atoms with Gasteiger partial charge in [0, 0.05) is 26.2 Å². The summed E-state index contributed by atoms with van der Waals surface area (Å²) in [6, 6.07) is 6.19. The Morgan fingerprint density at radius 2 is 1.65 bits per heavy atom. The summed E-state index contributed by atoms with van der Waals surface area (Å²) in [7, 11) is -3.79. The predicted molar refractivity (Wildman–Crippen MR) is 92.3 cm³/mol. The summed E-state index contributed by atoms with van der Waals surface area (Å²) in [5, 5.41) is 9.08. The van der Waals surface area contributed by atoms with Crippen LogP contribution in [0.3, 0.4) is 0 Å². The Hall–Kier alpha value is -1.97. The highest BCUT2D eigenvalue weighted by atomic mass is 32.2. The number of carbonyl (C=O) groups is 2. The molecule has 2 fully saturated rings. The van der Waals surface area contributed by atoms with E-state index in [1.165, 1.54) is 21.3 Å². The summed E-state index contributed by atoms with van der Waals surface area (Å²) in [4.78, 5) is 25.5. The molecule has 0 atom stereocenters. The number of hydrogen-bond donors (Lipinski definition) is 1. The van der Waals surface area contributed by atoms with Crippen LogP contribution in [-0.4, -0.2) is 74.0 Å². The number of benzene rings is 1. The van der Waals surface area contributed by atoms with Gasteiger partial charge in [-0.2, -0.15) is 4.31 Å². The highest BCUT2D eigenvalue weighted by molar-refractivity contribution is 7.89. The lowest BCUT2D eigenvalue weighted by atomic mass is 9.96. The Morgan fingerprint density at radius 1 is 1.04 bits per heavy atom. The normalized spacial score (nSPS) is 20.1. The van der Waals surface area contributed by atoms with E-state index in [2.05, 4.69) is 0 Å². The molecule has 0 aromatic heterocycles. The molecule has 142 valence electrons. The van der Waals surface area contributed by atoms with Crippen molar-refractivity contribution in [1.29, 1.82) is 0 Å². The molecule has 8 nitrogen and oxygen atoms in total. The van der Waals surface area contributed by atoms with Gasteiger partial charge in [-0.25, -0.2) is 8.42 Å². The Kier molecular flexibility index (Phi) is 5.59. The summed E-state index contributed by atoms with van der Waals surface area (Å²) < 4.78 is 32.5. The number of morpholine rings is 1. The van der Waals surface area contributed by atoms with E-state index < -0.39 is 21.9 Å². The van der Waals surface area contributed by atoms with Crippen LogP contribution in [0.1, 0.15) is 23.2 Å². The molecular weight excluding hydrogens is 360 g/mol. The number of piperidine rings is 1. The van der Waals surface area contributed by atoms with E-state index in [1.54, 1.807) is 12.1 Å². The first-order chi connectivity index (χ1) is 12.4. The molecule has 2 aliphatic rings. The van der Waals surface area contributed by atoms with E-state index >= 15 is 0 Å². The number of carboxylic acid groups (broad SMARTS) is 1. The molecule has 0 bridgehead atoms. The highest BCUT2D eigenvalue weighted by Crippen LogP contribution is 2.25. The lowest BCUT2D eigenvalue weighted by Gasteiger charge is -2.31. The van der Waals surface area contributed by atoms with Crippen molar-refractivity contribution in [3.8, 4) is 0 Å². The van der Waals surface area contributed by atoms with Crippen molar-refractivity contribution in [2.24, 2.45) is 5.92 Å². The van der Waals surface area contributed by atoms with Crippen molar-refractivity contribution in [3.63, 3.8) is 0 Å². The minimum absolute atomic E-state index is 0.00717. The van der Waals surface area contributed by atoms with Crippen molar-refractivity contribution < 1.29 is 27.9 Å². The zero-order valence-electron chi connectivity index (χ0n) is 14.3. The molecule has 0 radical (unpaired) electrons.